The number of hydrogen-bond donors (Lipinski definition) is 2. The molecule has 0 aromatic carbocycles. The molecule has 0 bridgehead atoms. The first kappa shape index (κ1) is 17.5. The molecule has 1 aromatic rings. The third kappa shape index (κ3) is 7.32. The van der Waals surface area contributed by atoms with Crippen LogP contribution in [0, 0.1) is 5.92 Å². The molecule has 1 heterocycles. The van der Waals surface area contributed by atoms with Gasteiger partial charge in [-0.05, 0) is 37.7 Å². The van der Waals surface area contributed by atoms with E-state index in [1.807, 2.05) is 25.3 Å². The number of ether oxygens (including phenoxy) is 2. The monoisotopic (exact) mass is 320 g/mol. The summed E-state index contributed by atoms with van der Waals surface area (Å²) in [5.41, 5.74) is 1.10. The number of aliphatic imine (C=N–C) groups is 1. The third-order valence-corrected chi connectivity index (χ3v) is 3.61. The van der Waals surface area contributed by atoms with Gasteiger partial charge in [-0.1, -0.05) is 6.07 Å². The van der Waals surface area contributed by atoms with E-state index in [1.165, 1.54) is 12.8 Å². The molecule has 128 valence electrons. The number of aromatic nitrogens is 1. The molecular formula is C17H28N4O2. The van der Waals surface area contributed by atoms with Crippen LogP contribution >= 0.6 is 0 Å². The van der Waals surface area contributed by atoms with Crippen molar-refractivity contribution in [1.29, 1.82) is 0 Å². The molecule has 0 radical (unpaired) electrons. The molecule has 1 aliphatic rings. The smallest absolute Gasteiger partial charge is 0.213 e. The quantitative estimate of drug-likeness (QED) is 0.392. The Hall–Kier alpha value is -1.82. The van der Waals surface area contributed by atoms with Crippen molar-refractivity contribution in [2.75, 3.05) is 33.4 Å². The standard InChI is InChI=1S/C17H28N4O2/c1-3-22-10-4-9-19-17(18-2)21-12-15-7-8-16(20-11-15)23-13-14-5-6-14/h7-8,11,14H,3-6,9-10,12-13H2,1-2H3,(H2,18,19,21). The SMILES string of the molecule is CCOCCCNC(=NC)NCc1ccc(OCC2CC2)nc1. The molecule has 0 unspecified atom stereocenters. The van der Waals surface area contributed by atoms with Gasteiger partial charge in [-0.25, -0.2) is 4.98 Å². The Labute approximate surface area is 138 Å². The van der Waals surface area contributed by atoms with Crippen LogP contribution in [0.25, 0.3) is 0 Å². The summed E-state index contributed by atoms with van der Waals surface area (Å²) in [4.78, 5) is 8.54. The number of guanidine groups is 1. The lowest BCUT2D eigenvalue weighted by atomic mass is 10.3. The van der Waals surface area contributed by atoms with Gasteiger partial charge in [0.1, 0.15) is 0 Å². The molecule has 0 spiro atoms. The van der Waals surface area contributed by atoms with Crippen molar-refractivity contribution in [3.63, 3.8) is 0 Å². The van der Waals surface area contributed by atoms with Gasteiger partial charge in [-0.15, -0.1) is 0 Å². The van der Waals surface area contributed by atoms with Crippen molar-refractivity contribution >= 4 is 5.96 Å². The van der Waals surface area contributed by atoms with Crippen molar-refractivity contribution in [2.45, 2.75) is 32.7 Å². The van der Waals surface area contributed by atoms with Crippen molar-refractivity contribution in [3.8, 4) is 5.88 Å². The molecule has 0 amide bonds. The maximum Gasteiger partial charge on any atom is 0.213 e. The van der Waals surface area contributed by atoms with Gasteiger partial charge in [0.15, 0.2) is 5.96 Å². The maximum atomic E-state index is 5.64. The Morgan fingerprint density at radius 2 is 2.22 bits per heavy atom. The highest BCUT2D eigenvalue weighted by Gasteiger charge is 2.21. The number of nitrogens with one attached hydrogen (secondary N) is 2. The highest BCUT2D eigenvalue weighted by molar-refractivity contribution is 5.79. The second-order valence-electron chi connectivity index (χ2n) is 5.66. The van der Waals surface area contributed by atoms with E-state index in [0.717, 1.165) is 50.2 Å². The summed E-state index contributed by atoms with van der Waals surface area (Å²) in [6.45, 7) is 5.85. The van der Waals surface area contributed by atoms with Crippen LogP contribution in [0.2, 0.25) is 0 Å². The molecule has 0 atom stereocenters. The zero-order valence-electron chi connectivity index (χ0n) is 14.2. The van der Waals surface area contributed by atoms with Crippen LogP contribution in [0.5, 0.6) is 5.88 Å². The van der Waals surface area contributed by atoms with Gasteiger partial charge < -0.3 is 20.1 Å². The van der Waals surface area contributed by atoms with Crippen LogP contribution in [0.3, 0.4) is 0 Å². The van der Waals surface area contributed by atoms with Crippen LogP contribution in [-0.2, 0) is 11.3 Å². The Balaban J connectivity index is 1.64. The lowest BCUT2D eigenvalue weighted by molar-refractivity contribution is 0.145. The van der Waals surface area contributed by atoms with Gasteiger partial charge in [-0.3, -0.25) is 4.99 Å². The fourth-order valence-electron chi connectivity index (χ4n) is 2.02. The molecule has 0 aliphatic heterocycles. The Morgan fingerprint density at radius 3 is 2.87 bits per heavy atom. The summed E-state index contributed by atoms with van der Waals surface area (Å²) < 4.78 is 10.9. The molecule has 0 saturated heterocycles. The van der Waals surface area contributed by atoms with Crippen LogP contribution in [0.15, 0.2) is 23.3 Å². The van der Waals surface area contributed by atoms with Gasteiger partial charge in [0.25, 0.3) is 0 Å². The molecule has 1 fully saturated rings. The van der Waals surface area contributed by atoms with Gasteiger partial charge in [0, 0.05) is 45.6 Å². The molecule has 23 heavy (non-hydrogen) atoms. The fourth-order valence-corrected chi connectivity index (χ4v) is 2.02. The van der Waals surface area contributed by atoms with E-state index in [9.17, 15) is 0 Å². The number of nitrogens with zero attached hydrogens (tertiary/aromatic N) is 2. The van der Waals surface area contributed by atoms with Crippen molar-refractivity contribution in [3.05, 3.63) is 23.9 Å². The summed E-state index contributed by atoms with van der Waals surface area (Å²) in [6.07, 6.45) is 5.39. The molecule has 1 aliphatic carbocycles. The molecule has 1 saturated carbocycles. The van der Waals surface area contributed by atoms with Gasteiger partial charge in [-0.2, -0.15) is 0 Å². The summed E-state index contributed by atoms with van der Waals surface area (Å²) in [5, 5.41) is 6.54. The van der Waals surface area contributed by atoms with Gasteiger partial charge >= 0.3 is 0 Å². The molecule has 2 rings (SSSR count). The number of rotatable bonds is 10. The first-order valence-electron chi connectivity index (χ1n) is 8.41. The first-order chi connectivity index (χ1) is 11.3. The first-order valence-corrected chi connectivity index (χ1v) is 8.41. The Bertz CT molecular complexity index is 472. The van der Waals surface area contributed by atoms with Crippen LogP contribution in [0.4, 0.5) is 0 Å². The molecule has 1 aromatic heterocycles. The van der Waals surface area contributed by atoms with Crippen LogP contribution in [0.1, 0.15) is 31.7 Å². The fraction of sp³-hybridized carbons (Fsp3) is 0.647. The van der Waals surface area contributed by atoms with Gasteiger partial charge in [0.05, 0.1) is 6.61 Å². The summed E-state index contributed by atoms with van der Waals surface area (Å²) in [6, 6.07) is 3.96. The van der Waals surface area contributed by atoms with E-state index in [0.29, 0.717) is 12.4 Å². The average Bonchev–Trinajstić information content (AvgIpc) is 3.41. The Kier molecular flexibility index (Phi) is 7.66. The van der Waals surface area contributed by atoms with E-state index in [2.05, 4.69) is 20.6 Å². The lowest BCUT2D eigenvalue weighted by Gasteiger charge is -2.12. The minimum atomic E-state index is 0.682. The van der Waals surface area contributed by atoms with E-state index in [4.69, 9.17) is 9.47 Å². The summed E-state index contributed by atoms with van der Waals surface area (Å²) in [7, 11) is 1.77. The summed E-state index contributed by atoms with van der Waals surface area (Å²) >= 11 is 0. The molecule has 6 nitrogen and oxygen atoms in total. The van der Waals surface area contributed by atoms with E-state index in [-0.39, 0.29) is 0 Å². The van der Waals surface area contributed by atoms with Crippen molar-refractivity contribution in [2.24, 2.45) is 10.9 Å². The largest absolute Gasteiger partial charge is 0.477 e. The minimum absolute atomic E-state index is 0.682. The zero-order valence-corrected chi connectivity index (χ0v) is 14.2. The maximum absolute atomic E-state index is 5.64. The minimum Gasteiger partial charge on any atom is -0.477 e. The number of hydrogen-bond acceptors (Lipinski definition) is 4. The molecular weight excluding hydrogens is 292 g/mol. The topological polar surface area (TPSA) is 67.8 Å². The summed E-state index contributed by atoms with van der Waals surface area (Å²) in [5.74, 6) is 2.24. The molecule has 6 heteroatoms. The predicted octanol–water partition coefficient (Wildman–Crippen LogP) is 1.96. The van der Waals surface area contributed by atoms with Crippen molar-refractivity contribution in [1.82, 2.24) is 15.6 Å². The number of pyridine rings is 1. The Morgan fingerprint density at radius 1 is 1.35 bits per heavy atom. The highest BCUT2D eigenvalue weighted by atomic mass is 16.5. The van der Waals surface area contributed by atoms with Gasteiger partial charge in [0.2, 0.25) is 5.88 Å². The van der Waals surface area contributed by atoms with Crippen LogP contribution in [-0.4, -0.2) is 44.4 Å². The highest BCUT2D eigenvalue weighted by Crippen LogP contribution is 2.29. The normalized spacial score (nSPS) is 14.6. The zero-order chi connectivity index (χ0) is 16.3. The van der Waals surface area contributed by atoms with E-state index < -0.39 is 0 Å². The average molecular weight is 320 g/mol. The molecule has 2 N–H and O–H groups in total. The second kappa shape index (κ2) is 10.0. The van der Waals surface area contributed by atoms with Crippen molar-refractivity contribution < 1.29 is 9.47 Å². The van der Waals surface area contributed by atoms with E-state index >= 15 is 0 Å². The second-order valence-corrected chi connectivity index (χ2v) is 5.66. The third-order valence-electron chi connectivity index (χ3n) is 3.61. The van der Waals surface area contributed by atoms with E-state index in [1.54, 1.807) is 7.05 Å². The predicted molar refractivity (Wildman–Crippen MR) is 91.8 cm³/mol. The lowest BCUT2D eigenvalue weighted by Crippen LogP contribution is -2.37. The van der Waals surface area contributed by atoms with Crippen LogP contribution < -0.4 is 15.4 Å².